The molecule has 1 heterocycles. The lowest BCUT2D eigenvalue weighted by molar-refractivity contribution is 0.239. The van der Waals surface area contributed by atoms with Gasteiger partial charge in [-0.3, -0.25) is 0 Å². The third-order valence-electron chi connectivity index (χ3n) is 3.32. The predicted molar refractivity (Wildman–Crippen MR) is 82.0 cm³/mol. The van der Waals surface area contributed by atoms with Crippen molar-refractivity contribution in [3.05, 3.63) is 53.7 Å². The third kappa shape index (κ3) is 4.18. The number of aromatic nitrogens is 2. The first-order valence-corrected chi connectivity index (χ1v) is 7.37. The second-order valence-electron chi connectivity index (χ2n) is 5.20. The molecule has 1 aromatic carbocycles. The van der Waals surface area contributed by atoms with Gasteiger partial charge in [-0.15, -0.1) is 0 Å². The van der Waals surface area contributed by atoms with E-state index in [4.69, 9.17) is 4.52 Å². The number of urea groups is 1. The monoisotopic (exact) mass is 298 g/mol. The van der Waals surface area contributed by atoms with Crippen molar-refractivity contribution in [2.24, 2.45) is 0 Å². The number of carbonyl (C=O) groups excluding carboxylic acids is 1. The van der Waals surface area contributed by atoms with E-state index in [2.05, 4.69) is 20.8 Å². The molecular weight excluding hydrogens is 280 g/mol. The zero-order valence-corrected chi connectivity index (χ0v) is 12.2. The maximum Gasteiger partial charge on any atom is 0.315 e. The highest BCUT2D eigenvalue weighted by Crippen LogP contribution is 2.37. The van der Waals surface area contributed by atoms with Gasteiger partial charge in [-0.25, -0.2) is 4.79 Å². The van der Waals surface area contributed by atoms with Crippen LogP contribution < -0.4 is 10.6 Å². The molecule has 0 radical (unpaired) electrons. The Morgan fingerprint density at radius 1 is 1.27 bits per heavy atom. The van der Waals surface area contributed by atoms with Crippen LogP contribution in [0.2, 0.25) is 0 Å². The summed E-state index contributed by atoms with van der Waals surface area (Å²) in [6.45, 7) is 0.700. The molecule has 6 heteroatoms. The van der Waals surface area contributed by atoms with Crippen LogP contribution in [-0.4, -0.2) is 22.7 Å². The van der Waals surface area contributed by atoms with Crippen LogP contribution in [0.5, 0.6) is 0 Å². The average Bonchev–Trinajstić information content (AvgIpc) is 3.29. The van der Waals surface area contributed by atoms with Gasteiger partial charge in [0.2, 0.25) is 5.89 Å². The molecule has 3 rings (SSSR count). The van der Waals surface area contributed by atoms with Gasteiger partial charge in [0.25, 0.3) is 0 Å². The van der Waals surface area contributed by atoms with Gasteiger partial charge in [0.15, 0.2) is 5.82 Å². The van der Waals surface area contributed by atoms with Gasteiger partial charge in [0.05, 0.1) is 6.54 Å². The zero-order valence-electron chi connectivity index (χ0n) is 12.2. The number of rotatable bonds is 6. The molecule has 6 nitrogen and oxygen atoms in total. The van der Waals surface area contributed by atoms with E-state index in [-0.39, 0.29) is 12.6 Å². The number of carbonyl (C=O) groups is 1. The molecule has 0 saturated heterocycles. The molecule has 0 bridgehead atoms. The number of nitrogens with zero attached hydrogens (tertiary/aromatic N) is 2. The van der Waals surface area contributed by atoms with E-state index in [9.17, 15) is 4.79 Å². The molecule has 114 valence electrons. The summed E-state index contributed by atoms with van der Waals surface area (Å²) in [5.74, 6) is 1.65. The van der Waals surface area contributed by atoms with E-state index >= 15 is 0 Å². The zero-order chi connectivity index (χ0) is 15.2. The van der Waals surface area contributed by atoms with Gasteiger partial charge in [-0.05, 0) is 18.4 Å². The molecule has 1 saturated carbocycles. The Hall–Kier alpha value is -2.63. The maximum absolute atomic E-state index is 11.6. The van der Waals surface area contributed by atoms with Crippen LogP contribution >= 0.6 is 0 Å². The Balaban J connectivity index is 1.36. The second-order valence-corrected chi connectivity index (χ2v) is 5.20. The molecule has 1 fully saturated rings. The number of hydrogen-bond acceptors (Lipinski definition) is 4. The second kappa shape index (κ2) is 6.89. The van der Waals surface area contributed by atoms with Gasteiger partial charge < -0.3 is 15.2 Å². The van der Waals surface area contributed by atoms with E-state index < -0.39 is 0 Å². The highest BCUT2D eigenvalue weighted by atomic mass is 16.5. The lowest BCUT2D eigenvalue weighted by Gasteiger charge is -2.02. The summed E-state index contributed by atoms with van der Waals surface area (Å²) >= 11 is 0. The summed E-state index contributed by atoms with van der Waals surface area (Å²) < 4.78 is 5.08. The molecule has 0 atom stereocenters. The molecule has 1 aliphatic rings. The Labute approximate surface area is 128 Å². The third-order valence-corrected chi connectivity index (χ3v) is 3.32. The lowest BCUT2D eigenvalue weighted by atomic mass is 10.2. The van der Waals surface area contributed by atoms with E-state index in [1.54, 1.807) is 0 Å². The standard InChI is InChI=1S/C16H18N4O2/c21-16(17-10-4-7-12-5-2-1-3-6-12)18-11-14-19-15(20-22-14)13-8-9-13/h1-7,13H,8-11H2,(H2,17,18,21)/b7-4-. The van der Waals surface area contributed by atoms with Gasteiger partial charge in [-0.1, -0.05) is 47.6 Å². The summed E-state index contributed by atoms with van der Waals surface area (Å²) in [4.78, 5) is 15.9. The number of benzene rings is 1. The van der Waals surface area contributed by atoms with Crippen molar-refractivity contribution in [3.8, 4) is 0 Å². The molecule has 0 spiro atoms. The number of hydrogen-bond donors (Lipinski definition) is 2. The minimum absolute atomic E-state index is 0.244. The highest BCUT2D eigenvalue weighted by molar-refractivity contribution is 5.74. The van der Waals surface area contributed by atoms with Gasteiger partial charge in [-0.2, -0.15) is 4.98 Å². The summed E-state index contributed by atoms with van der Waals surface area (Å²) in [5.41, 5.74) is 1.10. The molecule has 1 aliphatic carbocycles. The van der Waals surface area contributed by atoms with E-state index in [0.29, 0.717) is 18.4 Å². The Morgan fingerprint density at radius 2 is 2.09 bits per heavy atom. The van der Waals surface area contributed by atoms with Crippen LogP contribution in [-0.2, 0) is 6.54 Å². The number of nitrogens with one attached hydrogen (secondary N) is 2. The van der Waals surface area contributed by atoms with Crippen LogP contribution in [0.4, 0.5) is 4.79 Å². The average molecular weight is 298 g/mol. The topological polar surface area (TPSA) is 80.0 Å². The van der Waals surface area contributed by atoms with E-state index in [1.165, 1.54) is 0 Å². The molecule has 2 N–H and O–H groups in total. The van der Waals surface area contributed by atoms with Crippen molar-refractivity contribution in [2.45, 2.75) is 25.3 Å². The fourth-order valence-corrected chi connectivity index (χ4v) is 1.98. The molecule has 0 aliphatic heterocycles. The van der Waals surface area contributed by atoms with Crippen molar-refractivity contribution in [1.29, 1.82) is 0 Å². The number of amides is 2. The smallest absolute Gasteiger partial charge is 0.315 e. The normalized spacial score (nSPS) is 14.2. The van der Waals surface area contributed by atoms with E-state index in [1.807, 2.05) is 42.5 Å². The molecule has 2 amide bonds. The molecule has 2 aromatic rings. The van der Waals surface area contributed by atoms with Gasteiger partial charge in [0.1, 0.15) is 0 Å². The minimum Gasteiger partial charge on any atom is -0.337 e. The van der Waals surface area contributed by atoms with E-state index in [0.717, 1.165) is 24.2 Å². The van der Waals surface area contributed by atoms with Crippen molar-refractivity contribution in [1.82, 2.24) is 20.8 Å². The molecule has 0 unspecified atom stereocenters. The highest BCUT2D eigenvalue weighted by Gasteiger charge is 2.28. The quantitative estimate of drug-likeness (QED) is 0.858. The fraction of sp³-hybridized carbons (Fsp3) is 0.312. The predicted octanol–water partition coefficient (Wildman–Crippen LogP) is 2.46. The Kier molecular flexibility index (Phi) is 4.48. The first kappa shape index (κ1) is 14.3. The van der Waals surface area contributed by atoms with Crippen molar-refractivity contribution in [3.63, 3.8) is 0 Å². The Bertz CT molecular complexity index is 647. The molecule has 1 aromatic heterocycles. The lowest BCUT2D eigenvalue weighted by Crippen LogP contribution is -2.35. The van der Waals surface area contributed by atoms with Crippen LogP contribution in [0, 0.1) is 0 Å². The van der Waals surface area contributed by atoms with Crippen molar-refractivity contribution >= 4 is 12.1 Å². The summed E-state index contributed by atoms with van der Waals surface area (Å²) in [6.07, 6.45) is 6.11. The summed E-state index contributed by atoms with van der Waals surface area (Å²) in [6, 6.07) is 9.66. The molecule has 22 heavy (non-hydrogen) atoms. The Morgan fingerprint density at radius 3 is 2.86 bits per heavy atom. The van der Waals surface area contributed by atoms with Crippen LogP contribution in [0.15, 0.2) is 40.9 Å². The summed E-state index contributed by atoms with van der Waals surface area (Å²) in [5, 5.41) is 9.32. The van der Waals surface area contributed by atoms with Gasteiger partial charge >= 0.3 is 6.03 Å². The fourth-order valence-electron chi connectivity index (χ4n) is 1.98. The first-order chi connectivity index (χ1) is 10.8. The van der Waals surface area contributed by atoms with Crippen LogP contribution in [0.3, 0.4) is 0 Å². The van der Waals surface area contributed by atoms with Crippen molar-refractivity contribution in [2.75, 3.05) is 6.54 Å². The van der Waals surface area contributed by atoms with Gasteiger partial charge in [0, 0.05) is 12.5 Å². The summed E-state index contributed by atoms with van der Waals surface area (Å²) in [7, 11) is 0. The largest absolute Gasteiger partial charge is 0.337 e. The SMILES string of the molecule is O=C(NC/C=C\c1ccccc1)NCc1nc(C2CC2)no1. The van der Waals surface area contributed by atoms with Crippen molar-refractivity contribution < 1.29 is 9.32 Å². The van der Waals surface area contributed by atoms with Crippen LogP contribution in [0.1, 0.15) is 36.0 Å². The van der Waals surface area contributed by atoms with Crippen LogP contribution in [0.25, 0.3) is 6.08 Å². The minimum atomic E-state index is -0.260. The maximum atomic E-state index is 11.6. The first-order valence-electron chi connectivity index (χ1n) is 7.37. The molecular formula is C16H18N4O2.